The third kappa shape index (κ3) is 2.52. The molecule has 1 aromatic heterocycles. The lowest BCUT2D eigenvalue weighted by molar-refractivity contribution is 0.470. The van der Waals surface area contributed by atoms with Gasteiger partial charge in [-0.3, -0.25) is 0 Å². The summed E-state index contributed by atoms with van der Waals surface area (Å²) in [6.45, 7) is 8.20. The zero-order chi connectivity index (χ0) is 9.14. The quantitative estimate of drug-likeness (QED) is 0.727. The molecule has 1 heterocycles. The third-order valence-corrected chi connectivity index (χ3v) is 2.52. The van der Waals surface area contributed by atoms with Crippen LogP contribution in [0.15, 0.2) is 4.42 Å². The van der Waals surface area contributed by atoms with E-state index in [-0.39, 0.29) is 0 Å². The van der Waals surface area contributed by atoms with Crippen LogP contribution in [0.3, 0.4) is 0 Å². The number of nitrogens with zero attached hydrogens (tertiary/aromatic N) is 2. The minimum atomic E-state index is 0.297. The summed E-state index contributed by atoms with van der Waals surface area (Å²) in [5.74, 6) is 1.37. The maximum atomic E-state index is 5.30. The molecule has 1 unspecified atom stereocenters. The van der Waals surface area contributed by atoms with Crippen LogP contribution in [0.5, 0.6) is 0 Å². The lowest BCUT2D eigenvalue weighted by Gasteiger charge is -2.08. The summed E-state index contributed by atoms with van der Waals surface area (Å²) in [5, 5.41) is 8.63. The van der Waals surface area contributed by atoms with Crippen molar-refractivity contribution in [2.24, 2.45) is 0 Å². The lowest BCUT2D eigenvalue weighted by Crippen LogP contribution is -1.94. The number of thioether (sulfide) groups is 1. The van der Waals surface area contributed by atoms with Crippen LogP contribution >= 0.6 is 11.8 Å². The van der Waals surface area contributed by atoms with E-state index in [1.165, 1.54) is 0 Å². The molecule has 0 aromatic carbocycles. The molecule has 0 aliphatic carbocycles. The third-order valence-electron chi connectivity index (χ3n) is 1.37. The van der Waals surface area contributed by atoms with E-state index >= 15 is 0 Å². The van der Waals surface area contributed by atoms with E-state index in [9.17, 15) is 0 Å². The summed E-state index contributed by atoms with van der Waals surface area (Å²) in [6, 6.07) is 0. The molecule has 4 heteroatoms. The van der Waals surface area contributed by atoms with Gasteiger partial charge in [-0.25, -0.2) is 0 Å². The van der Waals surface area contributed by atoms with Gasteiger partial charge in [-0.15, -0.1) is 22.0 Å². The van der Waals surface area contributed by atoms with Gasteiger partial charge in [-0.2, -0.15) is 0 Å². The van der Waals surface area contributed by atoms with Gasteiger partial charge in [0.15, 0.2) is 0 Å². The first-order chi connectivity index (χ1) is 5.59. The molecular weight excluding hydrogens is 172 g/mol. The maximum Gasteiger partial charge on any atom is 0.229 e. The van der Waals surface area contributed by atoms with Crippen molar-refractivity contribution in [1.82, 2.24) is 10.2 Å². The largest absolute Gasteiger partial charge is 0.424 e. The van der Waals surface area contributed by atoms with E-state index in [1.54, 1.807) is 0 Å². The van der Waals surface area contributed by atoms with E-state index in [0.29, 0.717) is 16.4 Å². The standard InChI is InChI=1S/C8H14N2OS/c1-5(2)12-6(3)8-10-9-7(4)11-8/h5-6H,1-4H3. The Morgan fingerprint density at radius 1 is 1.25 bits per heavy atom. The molecule has 0 bridgehead atoms. The number of aromatic nitrogens is 2. The van der Waals surface area contributed by atoms with E-state index < -0.39 is 0 Å². The summed E-state index contributed by atoms with van der Waals surface area (Å²) in [7, 11) is 0. The summed E-state index contributed by atoms with van der Waals surface area (Å²) >= 11 is 1.82. The first kappa shape index (κ1) is 9.58. The predicted octanol–water partition coefficient (Wildman–Crippen LogP) is 2.58. The normalized spacial score (nSPS) is 13.8. The molecule has 0 radical (unpaired) electrons. The van der Waals surface area contributed by atoms with E-state index in [4.69, 9.17) is 4.42 Å². The Kier molecular flexibility index (Phi) is 3.14. The number of hydrogen-bond donors (Lipinski definition) is 0. The first-order valence-electron chi connectivity index (χ1n) is 4.05. The average Bonchev–Trinajstić information content (AvgIpc) is 2.34. The monoisotopic (exact) mass is 186 g/mol. The molecule has 0 N–H and O–H groups in total. The molecule has 0 saturated carbocycles. The molecule has 12 heavy (non-hydrogen) atoms. The van der Waals surface area contributed by atoms with Crippen molar-refractivity contribution in [3.63, 3.8) is 0 Å². The fourth-order valence-electron chi connectivity index (χ4n) is 0.943. The van der Waals surface area contributed by atoms with Gasteiger partial charge in [0, 0.05) is 6.92 Å². The Morgan fingerprint density at radius 3 is 2.33 bits per heavy atom. The second-order valence-corrected chi connectivity index (χ2v) is 4.91. The zero-order valence-electron chi connectivity index (χ0n) is 7.87. The van der Waals surface area contributed by atoms with Crippen LogP contribution in [0.2, 0.25) is 0 Å². The highest BCUT2D eigenvalue weighted by Crippen LogP contribution is 2.30. The average molecular weight is 186 g/mol. The Hall–Kier alpha value is -0.510. The van der Waals surface area contributed by atoms with Gasteiger partial charge >= 0.3 is 0 Å². The van der Waals surface area contributed by atoms with Crippen LogP contribution in [0.25, 0.3) is 0 Å². The topological polar surface area (TPSA) is 38.9 Å². The first-order valence-corrected chi connectivity index (χ1v) is 4.99. The minimum Gasteiger partial charge on any atom is -0.424 e. The number of rotatable bonds is 3. The minimum absolute atomic E-state index is 0.297. The highest BCUT2D eigenvalue weighted by Gasteiger charge is 2.13. The smallest absolute Gasteiger partial charge is 0.229 e. The van der Waals surface area contributed by atoms with Crippen LogP contribution in [0.4, 0.5) is 0 Å². The molecule has 68 valence electrons. The molecule has 0 aliphatic heterocycles. The molecular formula is C8H14N2OS. The second-order valence-electron chi connectivity index (χ2n) is 2.99. The van der Waals surface area contributed by atoms with Crippen LogP contribution in [0.1, 0.15) is 37.8 Å². The van der Waals surface area contributed by atoms with E-state index in [2.05, 4.69) is 31.0 Å². The molecule has 1 rings (SSSR count). The van der Waals surface area contributed by atoms with E-state index in [0.717, 1.165) is 5.89 Å². The zero-order valence-corrected chi connectivity index (χ0v) is 8.68. The molecule has 0 fully saturated rings. The van der Waals surface area contributed by atoms with Crippen LogP contribution < -0.4 is 0 Å². The van der Waals surface area contributed by atoms with Crippen LogP contribution in [-0.4, -0.2) is 15.4 Å². The Balaban J connectivity index is 2.58. The van der Waals surface area contributed by atoms with Crippen molar-refractivity contribution < 1.29 is 4.42 Å². The van der Waals surface area contributed by atoms with Crippen molar-refractivity contribution in [3.8, 4) is 0 Å². The van der Waals surface area contributed by atoms with Gasteiger partial charge in [0.25, 0.3) is 0 Å². The summed E-state index contributed by atoms with van der Waals surface area (Å²) in [6.07, 6.45) is 0. The fraction of sp³-hybridized carbons (Fsp3) is 0.750. The van der Waals surface area contributed by atoms with Crippen molar-refractivity contribution in [1.29, 1.82) is 0 Å². The maximum absolute atomic E-state index is 5.30. The molecule has 0 spiro atoms. The molecule has 1 aromatic rings. The Morgan fingerprint density at radius 2 is 1.92 bits per heavy atom. The second kappa shape index (κ2) is 3.94. The SMILES string of the molecule is Cc1nnc(C(C)SC(C)C)o1. The van der Waals surface area contributed by atoms with Gasteiger partial charge in [0.1, 0.15) is 0 Å². The van der Waals surface area contributed by atoms with Crippen molar-refractivity contribution in [3.05, 3.63) is 11.8 Å². The summed E-state index contributed by atoms with van der Waals surface area (Å²) in [5.41, 5.74) is 0. The van der Waals surface area contributed by atoms with Crippen LogP contribution in [-0.2, 0) is 0 Å². The van der Waals surface area contributed by atoms with Crippen molar-refractivity contribution in [2.45, 2.75) is 38.2 Å². The summed E-state index contributed by atoms with van der Waals surface area (Å²) < 4.78 is 5.30. The van der Waals surface area contributed by atoms with Gasteiger partial charge in [0.2, 0.25) is 11.8 Å². The highest BCUT2D eigenvalue weighted by molar-refractivity contribution is 8.00. The van der Waals surface area contributed by atoms with Gasteiger partial charge in [0.05, 0.1) is 5.25 Å². The molecule has 0 amide bonds. The van der Waals surface area contributed by atoms with Gasteiger partial charge in [-0.05, 0) is 12.2 Å². The molecule has 0 saturated heterocycles. The van der Waals surface area contributed by atoms with Crippen molar-refractivity contribution >= 4 is 11.8 Å². The highest BCUT2D eigenvalue weighted by atomic mass is 32.2. The lowest BCUT2D eigenvalue weighted by atomic mass is 10.5. The van der Waals surface area contributed by atoms with Gasteiger partial charge < -0.3 is 4.42 Å². The van der Waals surface area contributed by atoms with E-state index in [1.807, 2.05) is 18.7 Å². The van der Waals surface area contributed by atoms with Gasteiger partial charge in [-0.1, -0.05) is 13.8 Å². The number of aryl methyl sites for hydroxylation is 1. The molecule has 0 aliphatic rings. The Bertz CT molecular complexity index is 247. The van der Waals surface area contributed by atoms with Crippen LogP contribution in [0, 0.1) is 6.92 Å². The van der Waals surface area contributed by atoms with Crippen molar-refractivity contribution in [2.75, 3.05) is 0 Å². The summed E-state index contributed by atoms with van der Waals surface area (Å²) in [4.78, 5) is 0. The fourth-order valence-corrected chi connectivity index (χ4v) is 1.97. The molecule has 1 atom stereocenters. The predicted molar refractivity (Wildman–Crippen MR) is 50.2 cm³/mol. The Labute approximate surface area is 76.9 Å². The number of hydrogen-bond acceptors (Lipinski definition) is 4. The molecule has 3 nitrogen and oxygen atoms in total.